The highest BCUT2D eigenvalue weighted by Crippen LogP contribution is 2.38. The number of aromatic nitrogens is 1. The van der Waals surface area contributed by atoms with Crippen molar-refractivity contribution in [1.82, 2.24) is 9.88 Å². The van der Waals surface area contributed by atoms with Crippen LogP contribution in [0.25, 0.3) is 0 Å². The van der Waals surface area contributed by atoms with Crippen molar-refractivity contribution >= 4 is 39.9 Å². The quantitative estimate of drug-likeness (QED) is 0.677. The molecule has 2 amide bonds. The number of rotatable bonds is 7. The molecule has 7 heteroatoms. The average Bonchev–Trinajstić information content (AvgIpc) is 3.10. The van der Waals surface area contributed by atoms with Crippen LogP contribution in [0.5, 0.6) is 0 Å². The first-order valence-electron chi connectivity index (χ1n) is 9.88. The Hall–Kier alpha value is -1.92. The fourth-order valence-corrected chi connectivity index (χ4v) is 4.76. The van der Waals surface area contributed by atoms with Crippen LogP contribution in [0.2, 0.25) is 5.02 Å². The van der Waals surface area contributed by atoms with Crippen molar-refractivity contribution < 1.29 is 9.59 Å². The molecule has 1 aromatic carbocycles. The Balaban J connectivity index is 1.77. The van der Waals surface area contributed by atoms with Gasteiger partial charge in [0.2, 0.25) is 5.91 Å². The summed E-state index contributed by atoms with van der Waals surface area (Å²) >= 11 is 7.36. The van der Waals surface area contributed by atoms with Gasteiger partial charge in [0, 0.05) is 28.6 Å². The highest BCUT2D eigenvalue weighted by atomic mass is 35.5. The third kappa shape index (κ3) is 4.73. The molecule has 2 aromatic rings. The van der Waals surface area contributed by atoms with Gasteiger partial charge in [-0.05, 0) is 56.4 Å². The minimum absolute atomic E-state index is 0.172. The van der Waals surface area contributed by atoms with E-state index in [1.165, 1.54) is 11.3 Å². The molecule has 1 heterocycles. The molecule has 0 spiro atoms. The lowest BCUT2D eigenvalue weighted by Gasteiger charge is -2.28. The van der Waals surface area contributed by atoms with E-state index < -0.39 is 0 Å². The molecule has 1 aliphatic carbocycles. The zero-order valence-electron chi connectivity index (χ0n) is 16.3. The third-order valence-corrected chi connectivity index (χ3v) is 6.18. The number of amides is 2. The molecule has 5 nitrogen and oxygen atoms in total. The van der Waals surface area contributed by atoms with E-state index in [4.69, 9.17) is 11.6 Å². The molecule has 0 aliphatic heterocycles. The summed E-state index contributed by atoms with van der Waals surface area (Å²) in [6, 6.07) is 6.75. The Morgan fingerprint density at radius 2 is 1.89 bits per heavy atom. The van der Waals surface area contributed by atoms with E-state index in [1.54, 1.807) is 24.3 Å². The van der Waals surface area contributed by atoms with E-state index in [9.17, 15) is 9.59 Å². The standard InChI is InChI=1S/C21H26ClN3O2S/c1-3-12-25(13-4-2)20(27)16-6-5-7-17-18(16)23-21(28-17)24-19(26)14-8-10-15(22)11-9-14/h8-11,16H,3-7,12-13H2,1-2H3,(H,23,24,26). The Kier molecular flexibility index (Phi) is 7.08. The van der Waals surface area contributed by atoms with Crippen LogP contribution in [0.15, 0.2) is 24.3 Å². The highest BCUT2D eigenvalue weighted by molar-refractivity contribution is 7.16. The average molecular weight is 420 g/mol. The van der Waals surface area contributed by atoms with Crippen LogP contribution in [0, 0.1) is 0 Å². The summed E-state index contributed by atoms with van der Waals surface area (Å²) in [5.41, 5.74) is 1.38. The van der Waals surface area contributed by atoms with Gasteiger partial charge >= 0.3 is 0 Å². The van der Waals surface area contributed by atoms with Crippen LogP contribution in [-0.4, -0.2) is 34.8 Å². The minimum Gasteiger partial charge on any atom is -0.342 e. The monoisotopic (exact) mass is 419 g/mol. The second-order valence-corrected chi connectivity index (χ2v) is 8.58. The number of carbonyl (C=O) groups is 2. The van der Waals surface area contributed by atoms with Gasteiger partial charge in [-0.3, -0.25) is 14.9 Å². The smallest absolute Gasteiger partial charge is 0.257 e. The normalized spacial score (nSPS) is 15.8. The second-order valence-electron chi connectivity index (χ2n) is 7.06. The lowest BCUT2D eigenvalue weighted by molar-refractivity contribution is -0.133. The van der Waals surface area contributed by atoms with Gasteiger partial charge in [-0.2, -0.15) is 0 Å². The van der Waals surface area contributed by atoms with Gasteiger partial charge in [-0.25, -0.2) is 4.98 Å². The molecule has 1 N–H and O–H groups in total. The van der Waals surface area contributed by atoms with Crippen molar-refractivity contribution in [3.63, 3.8) is 0 Å². The fourth-order valence-electron chi connectivity index (χ4n) is 3.58. The molecule has 0 fully saturated rings. The van der Waals surface area contributed by atoms with Gasteiger partial charge in [-0.15, -0.1) is 11.3 Å². The number of nitrogens with zero attached hydrogens (tertiary/aromatic N) is 2. The number of benzene rings is 1. The number of carbonyl (C=O) groups excluding carboxylic acids is 2. The molecule has 150 valence electrons. The molecule has 1 aromatic heterocycles. The Labute approximate surface area is 175 Å². The summed E-state index contributed by atoms with van der Waals surface area (Å²) in [6.07, 6.45) is 4.61. The molecule has 28 heavy (non-hydrogen) atoms. The number of nitrogens with one attached hydrogen (secondary N) is 1. The van der Waals surface area contributed by atoms with E-state index in [-0.39, 0.29) is 17.7 Å². The highest BCUT2D eigenvalue weighted by Gasteiger charge is 2.33. The molecule has 1 aliphatic rings. The number of aryl methyl sites for hydroxylation is 1. The predicted octanol–water partition coefficient (Wildman–Crippen LogP) is 5.12. The van der Waals surface area contributed by atoms with E-state index in [1.807, 2.05) is 4.90 Å². The van der Waals surface area contributed by atoms with Crippen LogP contribution in [-0.2, 0) is 11.2 Å². The number of fused-ring (bicyclic) bond motifs is 1. The molecule has 0 saturated heterocycles. The Bertz CT molecular complexity index is 829. The number of thiazole rings is 1. The van der Waals surface area contributed by atoms with Crippen LogP contribution in [0.1, 0.15) is 66.4 Å². The van der Waals surface area contributed by atoms with Crippen LogP contribution in [0.4, 0.5) is 5.13 Å². The van der Waals surface area contributed by atoms with Gasteiger partial charge in [0.25, 0.3) is 5.91 Å². The van der Waals surface area contributed by atoms with Crippen molar-refractivity contribution in [2.45, 2.75) is 51.9 Å². The van der Waals surface area contributed by atoms with Crippen molar-refractivity contribution in [3.8, 4) is 0 Å². The molecular weight excluding hydrogens is 394 g/mol. The van der Waals surface area contributed by atoms with E-state index in [0.29, 0.717) is 15.7 Å². The van der Waals surface area contributed by atoms with E-state index >= 15 is 0 Å². The lowest BCUT2D eigenvalue weighted by Crippen LogP contribution is -2.37. The molecule has 0 saturated carbocycles. The summed E-state index contributed by atoms with van der Waals surface area (Å²) < 4.78 is 0. The molecule has 0 bridgehead atoms. The minimum atomic E-state index is -0.218. The lowest BCUT2D eigenvalue weighted by atomic mass is 9.89. The van der Waals surface area contributed by atoms with Crippen LogP contribution >= 0.6 is 22.9 Å². The Morgan fingerprint density at radius 3 is 2.54 bits per heavy atom. The fraction of sp³-hybridized carbons (Fsp3) is 0.476. The first-order chi connectivity index (χ1) is 13.5. The molecule has 0 radical (unpaired) electrons. The summed E-state index contributed by atoms with van der Waals surface area (Å²) in [5, 5.41) is 4.02. The van der Waals surface area contributed by atoms with Crippen molar-refractivity contribution in [2.75, 3.05) is 18.4 Å². The molecule has 1 atom stereocenters. The summed E-state index contributed by atoms with van der Waals surface area (Å²) in [4.78, 5) is 33.3. The first kappa shape index (κ1) is 20.8. The molecular formula is C21H26ClN3O2S. The van der Waals surface area contributed by atoms with Crippen molar-refractivity contribution in [3.05, 3.63) is 45.4 Å². The number of halogens is 1. The van der Waals surface area contributed by atoms with Crippen LogP contribution < -0.4 is 5.32 Å². The number of hydrogen-bond donors (Lipinski definition) is 1. The van der Waals surface area contributed by atoms with Crippen molar-refractivity contribution in [1.29, 1.82) is 0 Å². The largest absolute Gasteiger partial charge is 0.342 e. The maximum atomic E-state index is 13.1. The topological polar surface area (TPSA) is 62.3 Å². The first-order valence-corrected chi connectivity index (χ1v) is 11.1. The van der Waals surface area contributed by atoms with Gasteiger partial charge in [0.05, 0.1) is 11.6 Å². The van der Waals surface area contributed by atoms with Crippen molar-refractivity contribution in [2.24, 2.45) is 0 Å². The number of hydrogen-bond acceptors (Lipinski definition) is 4. The summed E-state index contributed by atoms with van der Waals surface area (Å²) in [6.45, 7) is 5.75. The second kappa shape index (κ2) is 9.52. The number of anilines is 1. The molecule has 1 unspecified atom stereocenters. The summed E-state index contributed by atoms with van der Waals surface area (Å²) in [5.74, 6) is -0.242. The van der Waals surface area contributed by atoms with Crippen LogP contribution in [0.3, 0.4) is 0 Å². The van der Waals surface area contributed by atoms with Gasteiger partial charge < -0.3 is 4.90 Å². The van der Waals surface area contributed by atoms with E-state index in [2.05, 4.69) is 24.1 Å². The zero-order valence-corrected chi connectivity index (χ0v) is 17.9. The predicted molar refractivity (Wildman–Crippen MR) is 114 cm³/mol. The van der Waals surface area contributed by atoms with Gasteiger partial charge in [0.15, 0.2) is 5.13 Å². The SMILES string of the molecule is CCCN(CCC)C(=O)C1CCCc2sc(NC(=O)c3ccc(Cl)cc3)nc21. The van der Waals surface area contributed by atoms with Gasteiger partial charge in [0.1, 0.15) is 0 Å². The Morgan fingerprint density at radius 1 is 1.21 bits per heavy atom. The molecule has 3 rings (SSSR count). The third-order valence-electron chi connectivity index (χ3n) is 4.88. The van der Waals surface area contributed by atoms with E-state index in [0.717, 1.165) is 55.8 Å². The van der Waals surface area contributed by atoms with Gasteiger partial charge in [-0.1, -0.05) is 25.4 Å². The summed E-state index contributed by atoms with van der Waals surface area (Å²) in [7, 11) is 0. The maximum Gasteiger partial charge on any atom is 0.257 e. The zero-order chi connectivity index (χ0) is 20.1. The maximum absolute atomic E-state index is 13.1.